The van der Waals surface area contributed by atoms with Gasteiger partial charge >= 0.3 is 0 Å². The van der Waals surface area contributed by atoms with Gasteiger partial charge in [-0.15, -0.1) is 0 Å². The van der Waals surface area contributed by atoms with Crippen LogP contribution in [-0.2, 0) is 5.41 Å². The van der Waals surface area contributed by atoms with Crippen LogP contribution in [-0.4, -0.2) is 23.0 Å². The van der Waals surface area contributed by atoms with Gasteiger partial charge in [-0.3, -0.25) is 4.79 Å². The first-order chi connectivity index (χ1) is 13.7. The number of carbonyl (C=O) groups excluding carboxylic acids is 1. The molecular weight excluding hydrogens is 364 g/mol. The zero-order chi connectivity index (χ0) is 21.0. The molecule has 3 aromatic rings. The number of benzene rings is 2. The third kappa shape index (κ3) is 5.31. The molecule has 0 atom stereocenters. The molecule has 0 saturated carbocycles. The van der Waals surface area contributed by atoms with E-state index in [9.17, 15) is 4.79 Å². The number of aryl methyl sites for hydroxylation is 1. The minimum atomic E-state index is -0.299. The summed E-state index contributed by atoms with van der Waals surface area (Å²) in [6.07, 6.45) is 0. The largest absolute Gasteiger partial charge is 0.497 e. The second kappa shape index (κ2) is 8.31. The van der Waals surface area contributed by atoms with Gasteiger partial charge in [0.15, 0.2) is 0 Å². The standard InChI is InChI=1S/C23H26N4O2/c1-15-14-20(21(28)25-17-10-12-19(29-5)13-11-17)27-22(24-15)26-18-8-6-16(7-9-18)23(2,3)4/h6-14H,1-5H3,(H,25,28)(H,24,26,27). The van der Waals surface area contributed by atoms with Crippen molar-refractivity contribution in [1.29, 1.82) is 0 Å². The van der Waals surface area contributed by atoms with Gasteiger partial charge in [-0.2, -0.15) is 0 Å². The first-order valence-corrected chi connectivity index (χ1v) is 9.43. The van der Waals surface area contributed by atoms with E-state index in [4.69, 9.17) is 4.74 Å². The Morgan fingerprint density at radius 2 is 1.55 bits per heavy atom. The van der Waals surface area contributed by atoms with Gasteiger partial charge < -0.3 is 15.4 Å². The molecule has 6 heteroatoms. The summed E-state index contributed by atoms with van der Waals surface area (Å²) >= 11 is 0. The molecule has 3 rings (SSSR count). The first kappa shape index (κ1) is 20.3. The van der Waals surface area contributed by atoms with E-state index in [0.29, 0.717) is 23.0 Å². The van der Waals surface area contributed by atoms with Crippen LogP contribution in [0, 0.1) is 6.92 Å². The average molecular weight is 390 g/mol. The first-order valence-electron chi connectivity index (χ1n) is 9.43. The Labute approximate surface area is 171 Å². The number of amides is 1. The monoisotopic (exact) mass is 390 g/mol. The fourth-order valence-corrected chi connectivity index (χ4v) is 2.79. The second-order valence-corrected chi connectivity index (χ2v) is 7.85. The van der Waals surface area contributed by atoms with E-state index < -0.39 is 0 Å². The number of aromatic nitrogens is 2. The molecule has 0 fully saturated rings. The summed E-state index contributed by atoms with van der Waals surface area (Å²) in [4.78, 5) is 21.4. The van der Waals surface area contributed by atoms with Crippen molar-refractivity contribution in [2.75, 3.05) is 17.7 Å². The maximum atomic E-state index is 12.6. The Morgan fingerprint density at radius 1 is 0.931 bits per heavy atom. The molecule has 0 spiro atoms. The van der Waals surface area contributed by atoms with E-state index in [1.165, 1.54) is 5.56 Å². The van der Waals surface area contributed by atoms with Crippen molar-refractivity contribution in [3.63, 3.8) is 0 Å². The SMILES string of the molecule is COc1ccc(NC(=O)c2cc(C)nc(Nc3ccc(C(C)(C)C)cc3)n2)cc1. The van der Waals surface area contributed by atoms with Crippen molar-refractivity contribution in [2.45, 2.75) is 33.1 Å². The van der Waals surface area contributed by atoms with Gasteiger partial charge in [0.2, 0.25) is 5.95 Å². The maximum Gasteiger partial charge on any atom is 0.274 e. The minimum absolute atomic E-state index is 0.0884. The predicted molar refractivity (Wildman–Crippen MR) is 116 cm³/mol. The summed E-state index contributed by atoms with van der Waals surface area (Å²) in [5.74, 6) is 0.810. The van der Waals surface area contributed by atoms with Crippen molar-refractivity contribution in [3.8, 4) is 5.75 Å². The lowest BCUT2D eigenvalue weighted by atomic mass is 9.87. The van der Waals surface area contributed by atoms with E-state index in [0.717, 1.165) is 11.4 Å². The van der Waals surface area contributed by atoms with Crippen molar-refractivity contribution < 1.29 is 9.53 Å². The Morgan fingerprint density at radius 3 is 2.14 bits per heavy atom. The van der Waals surface area contributed by atoms with Crippen molar-refractivity contribution in [3.05, 3.63) is 71.5 Å². The molecule has 0 aliphatic heterocycles. The highest BCUT2D eigenvalue weighted by atomic mass is 16.5. The van der Waals surface area contributed by atoms with E-state index >= 15 is 0 Å². The van der Waals surface area contributed by atoms with Gasteiger partial charge in [-0.25, -0.2) is 9.97 Å². The zero-order valence-electron chi connectivity index (χ0n) is 17.4. The van der Waals surface area contributed by atoms with Crippen LogP contribution in [0.4, 0.5) is 17.3 Å². The number of ether oxygens (including phenoxy) is 1. The summed E-state index contributed by atoms with van der Waals surface area (Å²) < 4.78 is 5.13. The molecule has 0 radical (unpaired) electrons. The summed E-state index contributed by atoms with van der Waals surface area (Å²) in [6, 6.07) is 16.9. The van der Waals surface area contributed by atoms with Crippen LogP contribution in [0.25, 0.3) is 0 Å². The molecule has 1 heterocycles. The van der Waals surface area contributed by atoms with Crippen LogP contribution >= 0.6 is 0 Å². The normalized spacial score (nSPS) is 11.1. The molecule has 150 valence electrons. The van der Waals surface area contributed by atoms with E-state index in [2.05, 4.69) is 53.5 Å². The number of rotatable bonds is 5. The van der Waals surface area contributed by atoms with Crippen molar-refractivity contribution in [2.24, 2.45) is 0 Å². The van der Waals surface area contributed by atoms with Gasteiger partial charge in [0.1, 0.15) is 11.4 Å². The molecule has 6 nitrogen and oxygen atoms in total. The molecular formula is C23H26N4O2. The molecule has 2 N–H and O–H groups in total. The van der Waals surface area contributed by atoms with Crippen molar-refractivity contribution in [1.82, 2.24) is 9.97 Å². The maximum absolute atomic E-state index is 12.6. The van der Waals surface area contributed by atoms with Crippen molar-refractivity contribution >= 4 is 23.2 Å². The smallest absolute Gasteiger partial charge is 0.274 e. The lowest BCUT2D eigenvalue weighted by Crippen LogP contribution is -2.15. The van der Waals surface area contributed by atoms with E-state index in [1.54, 1.807) is 37.4 Å². The van der Waals surface area contributed by atoms with Gasteiger partial charge in [-0.1, -0.05) is 32.9 Å². The lowest BCUT2D eigenvalue weighted by Gasteiger charge is -2.19. The number of nitrogens with one attached hydrogen (secondary N) is 2. The third-order valence-corrected chi connectivity index (χ3v) is 4.44. The predicted octanol–water partition coefficient (Wildman–Crippen LogP) is 5.09. The number of anilines is 3. The zero-order valence-corrected chi connectivity index (χ0v) is 17.4. The summed E-state index contributed by atoms with van der Waals surface area (Å²) in [6.45, 7) is 8.35. The molecule has 0 saturated heterocycles. The van der Waals surface area contributed by atoms with E-state index in [-0.39, 0.29) is 11.3 Å². The number of hydrogen-bond acceptors (Lipinski definition) is 5. The minimum Gasteiger partial charge on any atom is -0.497 e. The molecule has 1 aromatic heterocycles. The van der Waals surface area contributed by atoms with Crippen LogP contribution < -0.4 is 15.4 Å². The molecule has 29 heavy (non-hydrogen) atoms. The van der Waals surface area contributed by atoms with Crippen LogP contribution in [0.5, 0.6) is 5.75 Å². The Hall–Kier alpha value is -3.41. The molecule has 0 aliphatic rings. The Kier molecular flexibility index (Phi) is 5.82. The molecule has 0 bridgehead atoms. The fraction of sp³-hybridized carbons (Fsp3) is 0.261. The average Bonchev–Trinajstić information content (AvgIpc) is 2.68. The van der Waals surface area contributed by atoms with Crippen LogP contribution in [0.2, 0.25) is 0 Å². The van der Waals surface area contributed by atoms with Crippen LogP contribution in [0.3, 0.4) is 0 Å². The van der Waals surface area contributed by atoms with Gasteiger partial charge in [0.05, 0.1) is 7.11 Å². The number of nitrogens with zero attached hydrogens (tertiary/aromatic N) is 2. The third-order valence-electron chi connectivity index (χ3n) is 4.44. The van der Waals surface area contributed by atoms with Gasteiger partial charge in [0.25, 0.3) is 5.91 Å². The Bertz CT molecular complexity index is 991. The molecule has 0 unspecified atom stereocenters. The summed E-state index contributed by atoms with van der Waals surface area (Å²) in [5.41, 5.74) is 3.86. The Balaban J connectivity index is 1.75. The highest BCUT2D eigenvalue weighted by Crippen LogP contribution is 2.24. The van der Waals surface area contributed by atoms with Crippen LogP contribution in [0.15, 0.2) is 54.6 Å². The molecule has 1 amide bonds. The summed E-state index contributed by atoms with van der Waals surface area (Å²) in [5, 5.41) is 6.02. The number of hydrogen-bond donors (Lipinski definition) is 2. The van der Waals surface area contributed by atoms with Crippen LogP contribution in [0.1, 0.15) is 42.5 Å². The number of carbonyl (C=O) groups is 1. The quantitative estimate of drug-likeness (QED) is 0.635. The second-order valence-electron chi connectivity index (χ2n) is 7.85. The van der Waals surface area contributed by atoms with Gasteiger partial charge in [0, 0.05) is 17.1 Å². The highest BCUT2D eigenvalue weighted by molar-refractivity contribution is 6.03. The number of methoxy groups -OCH3 is 1. The lowest BCUT2D eigenvalue weighted by molar-refractivity contribution is 0.102. The topological polar surface area (TPSA) is 76.1 Å². The fourth-order valence-electron chi connectivity index (χ4n) is 2.79. The molecule has 0 aliphatic carbocycles. The summed E-state index contributed by atoms with van der Waals surface area (Å²) in [7, 11) is 1.60. The van der Waals surface area contributed by atoms with E-state index in [1.807, 2.05) is 19.1 Å². The molecule has 2 aromatic carbocycles. The highest BCUT2D eigenvalue weighted by Gasteiger charge is 2.14. The van der Waals surface area contributed by atoms with Gasteiger partial charge in [-0.05, 0) is 60.4 Å².